The monoisotopic (exact) mass is 651 g/mol. The normalized spacial score (nSPS) is 28.0. The summed E-state index contributed by atoms with van der Waals surface area (Å²) in [4.78, 5) is 48.4. The first kappa shape index (κ1) is 31.5. The highest BCUT2D eigenvalue weighted by Gasteiger charge is 2.50. The molecule has 0 aromatic heterocycles. The van der Waals surface area contributed by atoms with E-state index < -0.39 is 82.6 Å². The minimum absolute atomic E-state index is 0.0194. The Labute approximate surface area is 247 Å². The van der Waals surface area contributed by atoms with E-state index in [0.717, 1.165) is 0 Å². The van der Waals surface area contributed by atoms with E-state index in [1.54, 1.807) is 6.92 Å². The predicted molar refractivity (Wildman–Crippen MR) is 147 cm³/mol. The van der Waals surface area contributed by atoms with Gasteiger partial charge >= 0.3 is 0 Å². The van der Waals surface area contributed by atoms with Crippen LogP contribution in [0.2, 0.25) is 0 Å². The molecule has 6 atom stereocenters. The van der Waals surface area contributed by atoms with Crippen LogP contribution >= 0.6 is 15.9 Å². The molecule has 42 heavy (non-hydrogen) atoms. The summed E-state index contributed by atoms with van der Waals surface area (Å²) in [6.45, 7) is 1.36. The maximum Gasteiger partial charge on any atom is 0.290 e. The lowest BCUT2D eigenvalue weighted by Crippen LogP contribution is -2.52. The van der Waals surface area contributed by atoms with Crippen LogP contribution < -0.4 is 10.5 Å². The van der Waals surface area contributed by atoms with Crippen molar-refractivity contribution < 1.29 is 58.9 Å². The molecule has 0 amide bonds. The number of carbonyl (C=O) groups is 4. The van der Waals surface area contributed by atoms with Gasteiger partial charge in [-0.05, 0) is 13.0 Å². The number of fused-ring (bicyclic) bond motifs is 3. The van der Waals surface area contributed by atoms with Crippen molar-refractivity contribution in [3.8, 4) is 17.2 Å². The number of aliphatic hydroxyl groups excluding tert-OH is 1. The first-order valence-corrected chi connectivity index (χ1v) is 14.0. The topological polar surface area (TPSA) is 223 Å². The lowest BCUT2D eigenvalue weighted by Gasteiger charge is -2.42. The number of ketones is 3. The van der Waals surface area contributed by atoms with E-state index in [0.29, 0.717) is 0 Å². The van der Waals surface area contributed by atoms with Gasteiger partial charge in [0.05, 0.1) is 47.4 Å². The van der Waals surface area contributed by atoms with E-state index in [2.05, 4.69) is 15.9 Å². The second kappa shape index (κ2) is 12.1. The van der Waals surface area contributed by atoms with Crippen molar-refractivity contribution in [2.75, 3.05) is 12.4 Å². The van der Waals surface area contributed by atoms with Crippen molar-refractivity contribution in [2.45, 2.75) is 62.4 Å². The molecule has 0 spiro atoms. The molecule has 13 nitrogen and oxygen atoms in total. The minimum Gasteiger partial charge on any atom is -0.507 e. The summed E-state index contributed by atoms with van der Waals surface area (Å²) in [5.41, 5.74) is 2.91. The van der Waals surface area contributed by atoms with Crippen molar-refractivity contribution in [3.63, 3.8) is 0 Å². The van der Waals surface area contributed by atoms with E-state index >= 15 is 0 Å². The molecule has 1 aliphatic heterocycles. The highest BCUT2D eigenvalue weighted by molar-refractivity contribution is 9.09. The number of Topliss-reactive ketones (excluding diaryl/α,β-unsaturated/α-hetero) is 1. The number of nitrogens with two attached hydrogens (primary N) is 1. The van der Waals surface area contributed by atoms with Crippen molar-refractivity contribution in [1.82, 2.24) is 0 Å². The van der Waals surface area contributed by atoms with Crippen LogP contribution in [0.3, 0.4) is 0 Å². The molecular weight excluding hydrogens is 622 g/mol. The second-order valence-electron chi connectivity index (χ2n) is 10.2. The molecule has 7 N–H and O–H groups in total. The highest BCUT2D eigenvalue weighted by atomic mass is 79.9. The van der Waals surface area contributed by atoms with Gasteiger partial charge in [0.25, 0.3) is 6.47 Å². The number of hydrogen-bond acceptors (Lipinski definition) is 12. The summed E-state index contributed by atoms with van der Waals surface area (Å²) in [7, 11) is 1.34. The van der Waals surface area contributed by atoms with Gasteiger partial charge in [0.2, 0.25) is 5.78 Å². The molecule has 1 saturated heterocycles. The molecule has 0 saturated carbocycles. The van der Waals surface area contributed by atoms with E-state index in [-0.39, 0.29) is 52.6 Å². The Bertz CT molecular complexity index is 1430. The van der Waals surface area contributed by atoms with Crippen LogP contribution in [0.15, 0.2) is 18.2 Å². The molecule has 2 aliphatic carbocycles. The second-order valence-corrected chi connectivity index (χ2v) is 10.8. The van der Waals surface area contributed by atoms with E-state index in [4.69, 9.17) is 29.8 Å². The maximum atomic E-state index is 13.7. The van der Waals surface area contributed by atoms with Crippen LogP contribution in [-0.2, 0) is 25.5 Å². The number of phenols is 2. The zero-order valence-corrected chi connectivity index (χ0v) is 24.2. The lowest BCUT2D eigenvalue weighted by molar-refractivity contribution is -0.247. The number of ether oxygens (including phenoxy) is 3. The number of benzene rings is 2. The third-order valence-electron chi connectivity index (χ3n) is 7.78. The summed E-state index contributed by atoms with van der Waals surface area (Å²) in [5.74, 6) is -3.20. The zero-order chi connectivity index (χ0) is 31.1. The van der Waals surface area contributed by atoms with Crippen molar-refractivity contribution >= 4 is 39.8 Å². The predicted octanol–water partition coefficient (Wildman–Crippen LogP) is 1.10. The summed E-state index contributed by atoms with van der Waals surface area (Å²) in [5, 5.41) is 51.1. The molecular formula is C28H30BrNO12. The fourth-order valence-electron chi connectivity index (χ4n) is 5.73. The van der Waals surface area contributed by atoms with Gasteiger partial charge in [0, 0.05) is 42.0 Å². The molecule has 226 valence electrons. The molecule has 2 aromatic rings. The zero-order valence-electron chi connectivity index (χ0n) is 22.6. The first-order chi connectivity index (χ1) is 19.8. The van der Waals surface area contributed by atoms with Gasteiger partial charge in [-0.25, -0.2) is 0 Å². The molecule has 3 aliphatic rings. The highest BCUT2D eigenvalue weighted by Crippen LogP contribution is 2.52. The van der Waals surface area contributed by atoms with Crippen molar-refractivity contribution in [3.05, 3.63) is 51.6 Å². The van der Waals surface area contributed by atoms with E-state index in [1.165, 1.54) is 25.3 Å². The molecule has 0 unspecified atom stereocenters. The van der Waals surface area contributed by atoms with E-state index in [1.807, 2.05) is 0 Å². The average molecular weight is 652 g/mol. The number of aromatic hydroxyl groups is 2. The molecule has 2 aromatic carbocycles. The Balaban J connectivity index is 0.00000129. The fourth-order valence-corrected chi connectivity index (χ4v) is 6.25. The minimum atomic E-state index is -2.04. The van der Waals surface area contributed by atoms with Gasteiger partial charge in [0.15, 0.2) is 17.9 Å². The summed E-state index contributed by atoms with van der Waals surface area (Å²) in [6, 6.07) is 3.74. The Morgan fingerprint density at radius 3 is 2.43 bits per heavy atom. The molecule has 5 rings (SSSR count). The fraction of sp³-hybridized carbons (Fsp3) is 0.429. The number of phenolic OH excluding ortho intramolecular Hbond substituents is 2. The van der Waals surface area contributed by atoms with Gasteiger partial charge < -0.3 is 45.5 Å². The van der Waals surface area contributed by atoms with Crippen LogP contribution in [0.25, 0.3) is 0 Å². The standard InChI is InChI=1S/C27H28BrNO10.CH2O2/c1-10-22(31)13(29)6-17(38-10)39-15-8-27(36,16(30)9-28)7-12-19(15)26(35)21-20(24(12)33)23(32)11-4-3-5-14(37-2)18(11)25(21)34;2-1-3/h3-5,10,13,15,17,22,31,33,35-36H,6-9,29H2,1-2H3;1H,(H,2,3)/t10-,13-,15-,17-,22+,27-;/m0./s1. The Hall–Kier alpha value is -3.40. The van der Waals surface area contributed by atoms with Gasteiger partial charge in [-0.2, -0.15) is 0 Å². The first-order valence-electron chi connectivity index (χ1n) is 12.9. The number of hydrogen-bond donors (Lipinski definition) is 6. The van der Waals surface area contributed by atoms with Crippen LogP contribution in [-0.4, -0.2) is 91.9 Å². The Morgan fingerprint density at radius 1 is 1.19 bits per heavy atom. The molecule has 1 heterocycles. The largest absolute Gasteiger partial charge is 0.507 e. The molecule has 14 heteroatoms. The van der Waals surface area contributed by atoms with Crippen molar-refractivity contribution in [1.29, 1.82) is 0 Å². The number of carbonyl (C=O) groups excluding carboxylic acids is 3. The summed E-state index contributed by atoms with van der Waals surface area (Å²) < 4.78 is 17.1. The maximum absolute atomic E-state index is 13.7. The molecule has 0 bridgehead atoms. The van der Waals surface area contributed by atoms with Crippen LogP contribution in [0.1, 0.15) is 68.8 Å². The van der Waals surface area contributed by atoms with Crippen LogP contribution in [0.5, 0.6) is 17.2 Å². The van der Waals surface area contributed by atoms with Gasteiger partial charge in [-0.1, -0.05) is 28.1 Å². The van der Waals surface area contributed by atoms with Gasteiger partial charge in [-0.15, -0.1) is 0 Å². The van der Waals surface area contributed by atoms with Gasteiger partial charge in [-0.3, -0.25) is 19.2 Å². The average Bonchev–Trinajstić information content (AvgIpc) is 2.95. The third-order valence-corrected chi connectivity index (χ3v) is 8.29. The number of rotatable bonds is 5. The summed E-state index contributed by atoms with van der Waals surface area (Å²) in [6.07, 6.45) is -4.62. The summed E-state index contributed by atoms with van der Waals surface area (Å²) >= 11 is 3.07. The Kier molecular flexibility index (Phi) is 9.06. The Morgan fingerprint density at radius 2 is 1.83 bits per heavy atom. The SMILES string of the molecule is COc1cccc2c1C(=O)c1c(O)c3c(c(O)c1C2=O)C[C@@](O)(C(=O)CBr)C[C@@H]3O[C@H]1C[C@H](N)[C@H](O)[C@H](C)O1.O=CO. The van der Waals surface area contributed by atoms with E-state index in [9.17, 15) is 34.8 Å². The van der Waals surface area contributed by atoms with Crippen molar-refractivity contribution in [2.24, 2.45) is 5.73 Å². The number of carboxylic acid groups (broad SMARTS) is 1. The third kappa shape index (κ3) is 5.18. The quantitative estimate of drug-likeness (QED) is 0.129. The number of alkyl halides is 1. The van der Waals surface area contributed by atoms with Crippen LogP contribution in [0, 0.1) is 0 Å². The van der Waals surface area contributed by atoms with Gasteiger partial charge in [0.1, 0.15) is 22.8 Å². The lowest BCUT2D eigenvalue weighted by atomic mass is 9.72. The number of methoxy groups -OCH3 is 1. The molecule has 0 radical (unpaired) electrons. The smallest absolute Gasteiger partial charge is 0.290 e. The molecule has 1 fully saturated rings. The number of aliphatic hydroxyl groups is 2. The van der Waals surface area contributed by atoms with Crippen LogP contribution in [0.4, 0.5) is 0 Å². The number of halogens is 1.